The van der Waals surface area contributed by atoms with Crippen molar-refractivity contribution in [2.75, 3.05) is 6.61 Å². The Balaban J connectivity index is 2.05. The summed E-state index contributed by atoms with van der Waals surface area (Å²) in [5.41, 5.74) is 3.12. The highest BCUT2D eigenvalue weighted by Crippen LogP contribution is 2.27. The van der Waals surface area contributed by atoms with E-state index >= 15 is 0 Å². The van der Waals surface area contributed by atoms with Crippen LogP contribution < -0.4 is 0 Å². The predicted octanol–water partition coefficient (Wildman–Crippen LogP) is 2.50. The number of ether oxygens (including phenoxy) is 1. The lowest BCUT2D eigenvalue weighted by Crippen LogP contribution is -2.20. The summed E-state index contributed by atoms with van der Waals surface area (Å²) >= 11 is 6.09. The second-order valence-electron chi connectivity index (χ2n) is 5.49. The molecule has 0 bridgehead atoms. The Morgan fingerprint density at radius 2 is 2.25 bits per heavy atom. The third-order valence-electron chi connectivity index (χ3n) is 4.28. The molecular weight excluding hydrogens is 276 g/mol. The number of alkyl halides is 1. The number of nitrogens with zero attached hydrogens (tertiary/aromatic N) is 4. The number of hydrogen-bond donors (Lipinski definition) is 0. The molecule has 1 aliphatic rings. The molecule has 1 fully saturated rings. The van der Waals surface area contributed by atoms with Crippen molar-refractivity contribution in [2.45, 2.75) is 45.2 Å². The quantitative estimate of drug-likeness (QED) is 0.814. The van der Waals surface area contributed by atoms with E-state index in [-0.39, 0.29) is 0 Å². The Hall–Kier alpha value is -1.07. The Morgan fingerprint density at radius 1 is 1.45 bits per heavy atom. The lowest BCUT2D eigenvalue weighted by atomic mass is 10.0. The molecular formula is C14H21ClN4O. The van der Waals surface area contributed by atoms with E-state index < -0.39 is 0 Å². The van der Waals surface area contributed by atoms with Crippen LogP contribution in [0.5, 0.6) is 0 Å². The van der Waals surface area contributed by atoms with Crippen LogP contribution in [0, 0.1) is 5.92 Å². The van der Waals surface area contributed by atoms with Gasteiger partial charge < -0.3 is 9.30 Å². The van der Waals surface area contributed by atoms with Gasteiger partial charge in [-0.1, -0.05) is 6.92 Å². The van der Waals surface area contributed by atoms with Crippen LogP contribution in [0.4, 0.5) is 0 Å². The molecule has 20 heavy (non-hydrogen) atoms. The molecule has 0 saturated carbocycles. The average Bonchev–Trinajstić information content (AvgIpc) is 3.08. The van der Waals surface area contributed by atoms with Crippen molar-refractivity contribution in [1.82, 2.24) is 19.3 Å². The molecule has 3 heterocycles. The zero-order valence-electron chi connectivity index (χ0n) is 12.3. The lowest BCUT2D eigenvalue weighted by molar-refractivity contribution is 0.102. The van der Waals surface area contributed by atoms with E-state index in [9.17, 15) is 0 Å². The van der Waals surface area contributed by atoms with Gasteiger partial charge in [0.2, 0.25) is 0 Å². The van der Waals surface area contributed by atoms with E-state index in [1.807, 2.05) is 11.7 Å². The van der Waals surface area contributed by atoms with Gasteiger partial charge in [0.25, 0.3) is 0 Å². The van der Waals surface area contributed by atoms with Gasteiger partial charge in [0, 0.05) is 26.1 Å². The SMILES string of the molecule is CCc1nn(C)c2c1nc(CCl)n2CC1CCOC1C. The number of aryl methyl sites for hydroxylation is 2. The summed E-state index contributed by atoms with van der Waals surface area (Å²) in [6, 6.07) is 0. The topological polar surface area (TPSA) is 44.9 Å². The number of halogens is 1. The molecule has 1 saturated heterocycles. The first-order valence-corrected chi connectivity index (χ1v) is 7.77. The Bertz CT molecular complexity index is 618. The van der Waals surface area contributed by atoms with Crippen molar-refractivity contribution in [1.29, 1.82) is 0 Å². The lowest BCUT2D eigenvalue weighted by Gasteiger charge is -2.16. The zero-order chi connectivity index (χ0) is 14.3. The minimum atomic E-state index is 0.300. The molecule has 1 aliphatic heterocycles. The van der Waals surface area contributed by atoms with Gasteiger partial charge in [-0.3, -0.25) is 4.68 Å². The molecule has 3 rings (SSSR count). The number of hydrogen-bond acceptors (Lipinski definition) is 3. The molecule has 0 spiro atoms. The molecule has 6 heteroatoms. The molecule has 0 aromatic carbocycles. The fraction of sp³-hybridized carbons (Fsp3) is 0.714. The van der Waals surface area contributed by atoms with E-state index in [1.165, 1.54) is 0 Å². The van der Waals surface area contributed by atoms with Gasteiger partial charge in [0.15, 0.2) is 5.65 Å². The van der Waals surface area contributed by atoms with Crippen LogP contribution in [0.3, 0.4) is 0 Å². The van der Waals surface area contributed by atoms with Gasteiger partial charge in [-0.2, -0.15) is 5.10 Å². The van der Waals surface area contributed by atoms with E-state index in [0.29, 0.717) is 17.9 Å². The summed E-state index contributed by atoms with van der Waals surface area (Å²) in [5.74, 6) is 1.89. The summed E-state index contributed by atoms with van der Waals surface area (Å²) in [6.07, 6.45) is 2.29. The van der Waals surface area contributed by atoms with Crippen molar-refractivity contribution in [2.24, 2.45) is 13.0 Å². The summed E-state index contributed by atoms with van der Waals surface area (Å²) in [5, 5.41) is 4.56. The monoisotopic (exact) mass is 296 g/mol. The van der Waals surface area contributed by atoms with Crippen LogP contribution in [0.2, 0.25) is 0 Å². The van der Waals surface area contributed by atoms with E-state index in [2.05, 4.69) is 23.5 Å². The normalized spacial score (nSPS) is 23.0. The summed E-state index contributed by atoms with van der Waals surface area (Å²) in [7, 11) is 1.98. The second kappa shape index (κ2) is 5.37. The van der Waals surface area contributed by atoms with Crippen molar-refractivity contribution < 1.29 is 4.74 Å². The summed E-state index contributed by atoms with van der Waals surface area (Å²) in [4.78, 5) is 4.70. The molecule has 110 valence electrons. The zero-order valence-corrected chi connectivity index (χ0v) is 13.0. The number of imidazole rings is 1. The van der Waals surface area contributed by atoms with Crippen LogP contribution in [-0.4, -0.2) is 32.0 Å². The van der Waals surface area contributed by atoms with Crippen LogP contribution in [-0.2, 0) is 30.6 Å². The largest absolute Gasteiger partial charge is 0.378 e. The maximum absolute atomic E-state index is 6.09. The smallest absolute Gasteiger partial charge is 0.158 e. The predicted molar refractivity (Wildman–Crippen MR) is 79.0 cm³/mol. The van der Waals surface area contributed by atoms with Crippen LogP contribution in [0.25, 0.3) is 11.2 Å². The van der Waals surface area contributed by atoms with Crippen molar-refractivity contribution in [3.63, 3.8) is 0 Å². The second-order valence-corrected chi connectivity index (χ2v) is 5.76. The van der Waals surface area contributed by atoms with Crippen molar-refractivity contribution in [3.8, 4) is 0 Å². The van der Waals surface area contributed by atoms with Crippen molar-refractivity contribution in [3.05, 3.63) is 11.5 Å². The molecule has 2 aromatic heterocycles. The summed E-state index contributed by atoms with van der Waals surface area (Å²) < 4.78 is 9.82. The van der Waals surface area contributed by atoms with Gasteiger partial charge in [-0.15, -0.1) is 11.6 Å². The highest BCUT2D eigenvalue weighted by molar-refractivity contribution is 6.16. The average molecular weight is 297 g/mol. The first-order chi connectivity index (χ1) is 9.65. The van der Waals surface area contributed by atoms with Crippen molar-refractivity contribution >= 4 is 22.8 Å². The minimum Gasteiger partial charge on any atom is -0.378 e. The fourth-order valence-corrected chi connectivity index (χ4v) is 3.27. The first kappa shape index (κ1) is 13.9. The van der Waals surface area contributed by atoms with Gasteiger partial charge in [-0.25, -0.2) is 4.98 Å². The Kier molecular flexibility index (Phi) is 3.73. The molecule has 2 atom stereocenters. The van der Waals surface area contributed by atoms with Gasteiger partial charge >= 0.3 is 0 Å². The molecule has 0 amide bonds. The first-order valence-electron chi connectivity index (χ1n) is 7.24. The number of rotatable bonds is 4. The third-order valence-corrected chi connectivity index (χ3v) is 4.51. The summed E-state index contributed by atoms with van der Waals surface area (Å²) in [6.45, 7) is 6.01. The standard InChI is InChI=1S/C14H21ClN4O/c1-4-11-13-14(18(3)17-11)19(12(7-15)16-13)8-10-5-6-20-9(10)2/h9-10H,4-8H2,1-3H3. The van der Waals surface area contributed by atoms with Crippen LogP contribution >= 0.6 is 11.6 Å². The molecule has 5 nitrogen and oxygen atoms in total. The van der Waals surface area contributed by atoms with Gasteiger partial charge in [-0.05, 0) is 19.8 Å². The molecule has 0 N–H and O–H groups in total. The van der Waals surface area contributed by atoms with E-state index in [4.69, 9.17) is 21.3 Å². The Labute approximate surface area is 123 Å². The highest BCUT2D eigenvalue weighted by atomic mass is 35.5. The number of fused-ring (bicyclic) bond motifs is 1. The fourth-order valence-electron chi connectivity index (χ4n) is 3.07. The molecule has 0 radical (unpaired) electrons. The third kappa shape index (κ3) is 2.13. The van der Waals surface area contributed by atoms with Crippen LogP contribution in [0.1, 0.15) is 31.8 Å². The maximum Gasteiger partial charge on any atom is 0.158 e. The van der Waals surface area contributed by atoms with Gasteiger partial charge in [0.1, 0.15) is 11.3 Å². The van der Waals surface area contributed by atoms with Crippen LogP contribution in [0.15, 0.2) is 0 Å². The maximum atomic E-state index is 6.09. The minimum absolute atomic E-state index is 0.300. The number of aromatic nitrogens is 4. The molecule has 0 aliphatic carbocycles. The molecule has 2 unspecified atom stereocenters. The van der Waals surface area contributed by atoms with E-state index in [0.717, 1.165) is 48.7 Å². The van der Waals surface area contributed by atoms with Gasteiger partial charge in [0.05, 0.1) is 17.7 Å². The Morgan fingerprint density at radius 3 is 2.85 bits per heavy atom. The van der Waals surface area contributed by atoms with E-state index in [1.54, 1.807) is 0 Å². The highest BCUT2D eigenvalue weighted by Gasteiger charge is 2.27. The molecule has 2 aromatic rings.